The summed E-state index contributed by atoms with van der Waals surface area (Å²) in [5.74, 6) is -0.300. The van der Waals surface area contributed by atoms with E-state index in [4.69, 9.17) is 4.74 Å². The summed E-state index contributed by atoms with van der Waals surface area (Å²) in [6, 6.07) is 6.09. The van der Waals surface area contributed by atoms with Gasteiger partial charge in [0.2, 0.25) is 0 Å². The first-order valence-electron chi connectivity index (χ1n) is 6.62. The molecule has 1 aliphatic heterocycles. The first-order valence-corrected chi connectivity index (χ1v) is 6.62. The van der Waals surface area contributed by atoms with Gasteiger partial charge in [-0.2, -0.15) is 0 Å². The van der Waals surface area contributed by atoms with Gasteiger partial charge in [-0.25, -0.2) is 4.79 Å². The molecule has 0 spiro atoms. The average molecular weight is 262 g/mol. The highest BCUT2D eigenvalue weighted by molar-refractivity contribution is 5.92. The quantitative estimate of drug-likeness (QED) is 0.832. The van der Waals surface area contributed by atoms with Crippen LogP contribution in [0.15, 0.2) is 18.2 Å². The molecule has 0 saturated heterocycles. The molecule has 19 heavy (non-hydrogen) atoms. The molecule has 0 aromatic heterocycles. The summed E-state index contributed by atoms with van der Waals surface area (Å²) >= 11 is 0. The first-order chi connectivity index (χ1) is 8.86. The van der Waals surface area contributed by atoms with E-state index in [0.717, 1.165) is 17.9 Å². The topological polar surface area (TPSA) is 41.6 Å². The van der Waals surface area contributed by atoms with E-state index in [1.165, 1.54) is 7.11 Å². The van der Waals surface area contributed by atoms with Crippen molar-refractivity contribution in [3.8, 4) is 0 Å². The number of hydrogen-bond acceptors (Lipinski definition) is 4. The lowest BCUT2D eigenvalue weighted by Gasteiger charge is -2.48. The summed E-state index contributed by atoms with van der Waals surface area (Å²) in [6.07, 6.45) is 0. The van der Waals surface area contributed by atoms with E-state index >= 15 is 0 Å². The first kappa shape index (κ1) is 13.7. The van der Waals surface area contributed by atoms with Gasteiger partial charge >= 0.3 is 5.97 Å². The fourth-order valence-corrected chi connectivity index (χ4v) is 2.83. The number of anilines is 2. The minimum Gasteiger partial charge on any atom is -0.465 e. The Hall–Kier alpha value is -1.71. The summed E-state index contributed by atoms with van der Waals surface area (Å²) in [6.45, 7) is 9.66. The number of esters is 1. The van der Waals surface area contributed by atoms with E-state index in [0.29, 0.717) is 11.6 Å². The summed E-state index contributed by atoms with van der Waals surface area (Å²) in [4.78, 5) is 14.0. The van der Waals surface area contributed by atoms with Gasteiger partial charge in [0.25, 0.3) is 0 Å². The molecule has 0 unspecified atom stereocenters. The second-order valence-corrected chi connectivity index (χ2v) is 5.85. The fraction of sp³-hybridized carbons (Fsp3) is 0.533. The van der Waals surface area contributed by atoms with E-state index in [1.54, 1.807) is 0 Å². The van der Waals surface area contributed by atoms with Crippen molar-refractivity contribution >= 4 is 17.3 Å². The van der Waals surface area contributed by atoms with E-state index in [2.05, 4.69) is 37.9 Å². The van der Waals surface area contributed by atoms with Crippen LogP contribution in [0.2, 0.25) is 0 Å². The zero-order valence-electron chi connectivity index (χ0n) is 12.3. The normalized spacial score (nSPS) is 16.8. The van der Waals surface area contributed by atoms with E-state index < -0.39 is 0 Å². The summed E-state index contributed by atoms with van der Waals surface area (Å²) in [7, 11) is 1.40. The summed E-state index contributed by atoms with van der Waals surface area (Å²) < 4.78 is 4.76. The van der Waals surface area contributed by atoms with Crippen molar-refractivity contribution in [2.24, 2.45) is 0 Å². The number of carbonyl (C=O) groups is 1. The third-order valence-electron chi connectivity index (χ3n) is 3.56. The molecule has 1 aromatic rings. The molecular formula is C15H22N2O2. The Kier molecular flexibility index (Phi) is 3.43. The summed E-state index contributed by atoms with van der Waals surface area (Å²) in [5.41, 5.74) is 2.76. The molecule has 2 rings (SSSR count). The molecule has 104 valence electrons. The van der Waals surface area contributed by atoms with Crippen LogP contribution < -0.4 is 10.2 Å². The van der Waals surface area contributed by atoms with Crippen LogP contribution in [-0.2, 0) is 4.74 Å². The van der Waals surface area contributed by atoms with Gasteiger partial charge in [0, 0.05) is 12.6 Å². The standard InChI is InChI=1S/C15H22N2O2/c1-10(2)17-13-7-6-11(14(18)19-5)8-12(13)16-9-15(17,3)4/h6-8,10,16H,9H2,1-5H3. The van der Waals surface area contributed by atoms with Crippen LogP contribution in [0, 0.1) is 0 Å². The van der Waals surface area contributed by atoms with Crippen molar-refractivity contribution in [1.82, 2.24) is 0 Å². The Morgan fingerprint density at radius 2 is 2.11 bits per heavy atom. The Morgan fingerprint density at radius 3 is 2.68 bits per heavy atom. The molecule has 0 amide bonds. The molecule has 0 saturated carbocycles. The van der Waals surface area contributed by atoms with Gasteiger partial charge in [0.15, 0.2) is 0 Å². The smallest absolute Gasteiger partial charge is 0.337 e. The highest BCUT2D eigenvalue weighted by Crippen LogP contribution is 2.38. The zero-order valence-corrected chi connectivity index (χ0v) is 12.3. The number of hydrogen-bond donors (Lipinski definition) is 1. The van der Waals surface area contributed by atoms with Crippen molar-refractivity contribution in [2.75, 3.05) is 23.9 Å². The lowest BCUT2D eigenvalue weighted by Crippen LogP contribution is -2.55. The second kappa shape index (κ2) is 4.76. The molecule has 0 aliphatic carbocycles. The fourth-order valence-electron chi connectivity index (χ4n) is 2.83. The Morgan fingerprint density at radius 1 is 1.42 bits per heavy atom. The van der Waals surface area contributed by atoms with Crippen LogP contribution in [0.25, 0.3) is 0 Å². The van der Waals surface area contributed by atoms with Crippen LogP contribution in [0.1, 0.15) is 38.1 Å². The van der Waals surface area contributed by atoms with Gasteiger partial charge in [-0.3, -0.25) is 0 Å². The van der Waals surface area contributed by atoms with Gasteiger partial charge in [0.05, 0.1) is 29.6 Å². The van der Waals surface area contributed by atoms with Crippen molar-refractivity contribution in [3.63, 3.8) is 0 Å². The molecule has 0 bridgehead atoms. The minimum absolute atomic E-state index is 0.0496. The van der Waals surface area contributed by atoms with Crippen LogP contribution in [0.5, 0.6) is 0 Å². The molecular weight excluding hydrogens is 240 g/mol. The number of fused-ring (bicyclic) bond motifs is 1. The van der Waals surface area contributed by atoms with Gasteiger partial charge in [-0.15, -0.1) is 0 Å². The van der Waals surface area contributed by atoms with Gasteiger partial charge in [-0.1, -0.05) is 0 Å². The Bertz CT molecular complexity index is 495. The number of benzene rings is 1. The van der Waals surface area contributed by atoms with E-state index in [1.807, 2.05) is 18.2 Å². The zero-order chi connectivity index (χ0) is 14.2. The minimum atomic E-state index is -0.300. The van der Waals surface area contributed by atoms with Gasteiger partial charge in [0.1, 0.15) is 0 Å². The molecule has 0 radical (unpaired) electrons. The molecule has 1 heterocycles. The predicted octanol–water partition coefficient (Wildman–Crippen LogP) is 2.89. The van der Waals surface area contributed by atoms with Crippen LogP contribution >= 0.6 is 0 Å². The Balaban J connectivity index is 2.46. The molecule has 1 aromatic carbocycles. The van der Waals surface area contributed by atoms with Gasteiger partial charge < -0.3 is 15.0 Å². The highest BCUT2D eigenvalue weighted by Gasteiger charge is 2.34. The van der Waals surface area contributed by atoms with Crippen molar-refractivity contribution in [3.05, 3.63) is 23.8 Å². The third kappa shape index (κ3) is 2.39. The maximum atomic E-state index is 11.6. The number of ether oxygens (including phenoxy) is 1. The number of nitrogens with zero attached hydrogens (tertiary/aromatic N) is 1. The number of nitrogens with one attached hydrogen (secondary N) is 1. The monoisotopic (exact) mass is 262 g/mol. The van der Waals surface area contributed by atoms with Crippen LogP contribution in [0.3, 0.4) is 0 Å². The largest absolute Gasteiger partial charge is 0.465 e. The van der Waals surface area contributed by atoms with Crippen molar-refractivity contribution in [1.29, 1.82) is 0 Å². The number of methoxy groups -OCH3 is 1. The van der Waals surface area contributed by atoms with Crippen LogP contribution in [0.4, 0.5) is 11.4 Å². The highest BCUT2D eigenvalue weighted by atomic mass is 16.5. The number of carbonyl (C=O) groups excluding carboxylic acids is 1. The van der Waals surface area contributed by atoms with Crippen LogP contribution in [-0.4, -0.2) is 31.2 Å². The lowest BCUT2D eigenvalue weighted by molar-refractivity contribution is 0.0601. The molecule has 0 fully saturated rings. The lowest BCUT2D eigenvalue weighted by atomic mass is 9.95. The van der Waals surface area contributed by atoms with Crippen molar-refractivity contribution in [2.45, 2.75) is 39.3 Å². The molecule has 4 nitrogen and oxygen atoms in total. The second-order valence-electron chi connectivity index (χ2n) is 5.85. The molecule has 1 aliphatic rings. The van der Waals surface area contributed by atoms with Crippen molar-refractivity contribution < 1.29 is 9.53 Å². The third-order valence-corrected chi connectivity index (χ3v) is 3.56. The predicted molar refractivity (Wildman–Crippen MR) is 78.0 cm³/mol. The number of rotatable bonds is 2. The average Bonchev–Trinajstić information content (AvgIpc) is 2.35. The SMILES string of the molecule is COC(=O)c1ccc2c(c1)NCC(C)(C)N2C(C)C. The molecule has 1 N–H and O–H groups in total. The summed E-state index contributed by atoms with van der Waals surface area (Å²) in [5, 5.41) is 3.41. The van der Waals surface area contributed by atoms with Gasteiger partial charge in [-0.05, 0) is 45.9 Å². The molecule has 0 atom stereocenters. The van der Waals surface area contributed by atoms with E-state index in [-0.39, 0.29) is 11.5 Å². The maximum absolute atomic E-state index is 11.6. The maximum Gasteiger partial charge on any atom is 0.337 e. The Labute approximate surface area is 114 Å². The molecule has 4 heteroatoms. The van der Waals surface area contributed by atoms with E-state index in [9.17, 15) is 4.79 Å².